The van der Waals surface area contributed by atoms with E-state index in [0.717, 1.165) is 64.9 Å². The number of carbonyl (C=O) groups is 1. The second kappa shape index (κ2) is 12.1. The summed E-state index contributed by atoms with van der Waals surface area (Å²) in [7, 11) is 0. The van der Waals surface area contributed by atoms with Gasteiger partial charge in [-0.15, -0.1) is 0 Å². The fourth-order valence-electron chi connectivity index (χ4n) is 4.88. The van der Waals surface area contributed by atoms with Gasteiger partial charge in [0.2, 0.25) is 5.88 Å². The van der Waals surface area contributed by atoms with Crippen molar-refractivity contribution in [2.24, 2.45) is 5.92 Å². The Morgan fingerprint density at radius 1 is 1.18 bits per heavy atom. The molecule has 8 heteroatoms. The third-order valence-electron chi connectivity index (χ3n) is 6.69. The summed E-state index contributed by atoms with van der Waals surface area (Å²) in [4.78, 5) is 18.4. The molecule has 0 aromatic carbocycles. The lowest BCUT2D eigenvalue weighted by molar-refractivity contribution is 0.0320. The Morgan fingerprint density at radius 3 is 2.85 bits per heavy atom. The van der Waals surface area contributed by atoms with Crippen molar-refractivity contribution in [2.45, 2.75) is 51.5 Å². The average molecular weight is 457 g/mol. The first-order valence-electron chi connectivity index (χ1n) is 12.3. The van der Waals surface area contributed by atoms with E-state index >= 15 is 0 Å². The summed E-state index contributed by atoms with van der Waals surface area (Å²) in [6, 6.07) is 3.83. The van der Waals surface area contributed by atoms with Crippen LogP contribution in [0.15, 0.2) is 24.5 Å². The van der Waals surface area contributed by atoms with Crippen LogP contribution in [0.1, 0.15) is 61.0 Å². The van der Waals surface area contributed by atoms with Crippen LogP contribution in [0.25, 0.3) is 0 Å². The number of pyridine rings is 1. The quantitative estimate of drug-likeness (QED) is 0.478. The molecule has 8 nitrogen and oxygen atoms in total. The number of aryl methyl sites for hydroxylation is 1. The molecule has 0 radical (unpaired) electrons. The van der Waals surface area contributed by atoms with Gasteiger partial charge in [-0.3, -0.25) is 14.4 Å². The van der Waals surface area contributed by atoms with E-state index in [4.69, 9.17) is 14.2 Å². The van der Waals surface area contributed by atoms with Crippen molar-refractivity contribution in [1.82, 2.24) is 19.7 Å². The van der Waals surface area contributed by atoms with E-state index in [0.29, 0.717) is 42.2 Å². The van der Waals surface area contributed by atoms with Gasteiger partial charge in [0.25, 0.3) is 0 Å². The van der Waals surface area contributed by atoms with E-state index in [1.54, 1.807) is 12.3 Å². The highest BCUT2D eigenvalue weighted by atomic mass is 16.5. The third kappa shape index (κ3) is 6.32. The van der Waals surface area contributed by atoms with Crippen molar-refractivity contribution in [3.8, 4) is 11.6 Å². The van der Waals surface area contributed by atoms with E-state index < -0.39 is 0 Å². The number of carbonyl (C=O) groups excluding carboxylic acids is 1. The van der Waals surface area contributed by atoms with Crippen molar-refractivity contribution >= 4 is 6.29 Å². The molecule has 33 heavy (non-hydrogen) atoms. The van der Waals surface area contributed by atoms with E-state index in [-0.39, 0.29) is 0 Å². The van der Waals surface area contributed by atoms with Crippen LogP contribution < -0.4 is 9.47 Å². The highest BCUT2D eigenvalue weighted by molar-refractivity contribution is 5.79. The van der Waals surface area contributed by atoms with Crippen LogP contribution in [0.4, 0.5) is 0 Å². The van der Waals surface area contributed by atoms with Crippen LogP contribution >= 0.6 is 0 Å². The topological polar surface area (TPSA) is 78.7 Å². The summed E-state index contributed by atoms with van der Waals surface area (Å²) in [5.41, 5.74) is 1.79. The molecule has 1 saturated heterocycles. The molecule has 4 rings (SSSR count). The number of hydrogen-bond acceptors (Lipinski definition) is 7. The fraction of sp³-hybridized carbons (Fsp3) is 0.640. The number of ether oxygens (including phenoxy) is 3. The van der Waals surface area contributed by atoms with Gasteiger partial charge in [0.15, 0.2) is 6.29 Å². The fourth-order valence-corrected chi connectivity index (χ4v) is 4.88. The lowest BCUT2D eigenvalue weighted by Crippen LogP contribution is -2.38. The van der Waals surface area contributed by atoms with Gasteiger partial charge in [-0.2, -0.15) is 5.10 Å². The summed E-state index contributed by atoms with van der Waals surface area (Å²) in [6.45, 7) is 8.41. The molecule has 0 bridgehead atoms. The molecular weight excluding hydrogens is 420 g/mol. The smallest absolute Gasteiger partial charge is 0.214 e. The zero-order valence-electron chi connectivity index (χ0n) is 19.7. The molecule has 2 aliphatic rings. The predicted octanol–water partition coefficient (Wildman–Crippen LogP) is 3.56. The van der Waals surface area contributed by atoms with Crippen molar-refractivity contribution in [1.29, 1.82) is 0 Å². The molecule has 2 aromatic rings. The highest BCUT2D eigenvalue weighted by Gasteiger charge is 2.29. The Hall–Kier alpha value is -2.45. The molecule has 2 unspecified atom stereocenters. The number of aromatic nitrogens is 3. The van der Waals surface area contributed by atoms with Crippen LogP contribution in [0, 0.1) is 5.92 Å². The first kappa shape index (κ1) is 23.7. The van der Waals surface area contributed by atoms with Crippen LogP contribution in [0.3, 0.4) is 0 Å². The Balaban J connectivity index is 1.34. The minimum absolute atomic E-state index is 0.398. The van der Waals surface area contributed by atoms with Gasteiger partial charge in [-0.1, -0.05) is 19.8 Å². The summed E-state index contributed by atoms with van der Waals surface area (Å²) in [5, 5.41) is 4.52. The number of hydrogen-bond donors (Lipinski definition) is 0. The van der Waals surface area contributed by atoms with Gasteiger partial charge in [0.05, 0.1) is 31.6 Å². The maximum Gasteiger partial charge on any atom is 0.214 e. The van der Waals surface area contributed by atoms with Crippen molar-refractivity contribution < 1.29 is 19.0 Å². The summed E-state index contributed by atoms with van der Waals surface area (Å²) in [5.74, 6) is 1.81. The van der Waals surface area contributed by atoms with Gasteiger partial charge in [-0.05, 0) is 25.3 Å². The van der Waals surface area contributed by atoms with Gasteiger partial charge in [-0.25, -0.2) is 4.98 Å². The Labute approximate surface area is 196 Å². The normalized spacial score (nSPS) is 21.6. The average Bonchev–Trinajstić information content (AvgIpc) is 3.32. The minimum atomic E-state index is 0.398. The zero-order chi connectivity index (χ0) is 22.9. The maximum atomic E-state index is 11.7. The molecule has 0 spiro atoms. The highest BCUT2D eigenvalue weighted by Crippen LogP contribution is 2.38. The van der Waals surface area contributed by atoms with E-state index in [1.807, 2.05) is 6.20 Å². The summed E-state index contributed by atoms with van der Waals surface area (Å²) >= 11 is 0. The maximum absolute atomic E-state index is 11.7. The monoisotopic (exact) mass is 456 g/mol. The Bertz CT molecular complexity index is 881. The van der Waals surface area contributed by atoms with Gasteiger partial charge in [0.1, 0.15) is 12.4 Å². The minimum Gasteiger partial charge on any atom is -0.491 e. The second-order valence-corrected chi connectivity index (χ2v) is 8.92. The second-order valence-electron chi connectivity index (χ2n) is 8.92. The van der Waals surface area contributed by atoms with Crippen molar-refractivity contribution in [2.75, 3.05) is 46.1 Å². The Morgan fingerprint density at radius 2 is 2.03 bits per heavy atom. The number of aldehydes is 1. The van der Waals surface area contributed by atoms with Crippen LogP contribution in [0.2, 0.25) is 0 Å². The molecule has 0 amide bonds. The van der Waals surface area contributed by atoms with E-state index in [2.05, 4.69) is 32.7 Å². The molecule has 2 atom stereocenters. The lowest BCUT2D eigenvalue weighted by atomic mass is 9.78. The van der Waals surface area contributed by atoms with Gasteiger partial charge < -0.3 is 14.2 Å². The number of nitrogens with zero attached hydrogens (tertiary/aromatic N) is 4. The molecule has 2 fully saturated rings. The molecule has 180 valence electrons. The molecule has 1 aliphatic heterocycles. The number of rotatable bonds is 11. The molecule has 1 saturated carbocycles. The first-order valence-corrected chi connectivity index (χ1v) is 12.3. The standard InChI is InChI=1S/C25H36N4O4/c1-2-9-29-23(7-8-27-29)22-6-4-3-5-20(22)19-33-24-17-26-25(16-21(24)18-30)32-15-12-28-10-13-31-14-11-28/h7-8,16-18,20,22H,2-6,9-15,19H2,1H3. The van der Waals surface area contributed by atoms with E-state index in [1.165, 1.54) is 18.5 Å². The first-order chi connectivity index (χ1) is 16.3. The molecule has 3 heterocycles. The van der Waals surface area contributed by atoms with Gasteiger partial charge in [0, 0.05) is 56.0 Å². The largest absolute Gasteiger partial charge is 0.491 e. The van der Waals surface area contributed by atoms with Crippen LogP contribution in [0.5, 0.6) is 11.6 Å². The molecule has 0 N–H and O–H groups in total. The van der Waals surface area contributed by atoms with Crippen molar-refractivity contribution in [3.63, 3.8) is 0 Å². The van der Waals surface area contributed by atoms with E-state index in [9.17, 15) is 4.79 Å². The van der Waals surface area contributed by atoms with Crippen LogP contribution in [-0.4, -0.2) is 72.0 Å². The third-order valence-corrected chi connectivity index (χ3v) is 6.69. The number of morpholine rings is 1. The summed E-state index contributed by atoms with van der Waals surface area (Å²) in [6.07, 6.45) is 10.1. The zero-order valence-corrected chi connectivity index (χ0v) is 19.7. The Kier molecular flexibility index (Phi) is 8.72. The van der Waals surface area contributed by atoms with Gasteiger partial charge >= 0.3 is 0 Å². The molecule has 1 aliphatic carbocycles. The lowest BCUT2D eigenvalue weighted by Gasteiger charge is -2.32. The van der Waals surface area contributed by atoms with Crippen LogP contribution in [-0.2, 0) is 11.3 Å². The summed E-state index contributed by atoms with van der Waals surface area (Å²) < 4.78 is 19.4. The van der Waals surface area contributed by atoms with Crippen molar-refractivity contribution in [3.05, 3.63) is 35.8 Å². The molecular formula is C25H36N4O4. The molecule has 2 aromatic heterocycles. The predicted molar refractivity (Wildman–Crippen MR) is 125 cm³/mol. The SMILES string of the molecule is CCCn1nccc1C1CCCCC1COc1cnc(OCCN2CCOCC2)cc1C=O.